The summed E-state index contributed by atoms with van der Waals surface area (Å²) in [5.41, 5.74) is 6.60. The van der Waals surface area contributed by atoms with Gasteiger partial charge < -0.3 is 11.1 Å². The molecule has 3 N–H and O–H groups in total. The molecule has 92 valence electrons. The quantitative estimate of drug-likeness (QED) is 0.435. The van der Waals surface area contributed by atoms with Crippen LogP contribution in [0, 0.1) is 17.0 Å². The van der Waals surface area contributed by atoms with Gasteiger partial charge in [0.2, 0.25) is 5.91 Å². The molecule has 0 unspecified atom stereocenters. The van der Waals surface area contributed by atoms with Gasteiger partial charge in [0.25, 0.3) is 5.69 Å². The van der Waals surface area contributed by atoms with Crippen molar-refractivity contribution in [2.24, 2.45) is 5.73 Å². The zero-order valence-corrected chi connectivity index (χ0v) is 9.60. The number of primary amides is 1. The van der Waals surface area contributed by atoms with Crippen LogP contribution in [-0.4, -0.2) is 17.4 Å². The third kappa shape index (κ3) is 3.84. The molecule has 0 aliphatic carbocycles. The Balaban J connectivity index is 2.62. The second-order valence-corrected chi connectivity index (χ2v) is 3.71. The Labute approximate surface area is 99.0 Å². The minimum atomic E-state index is -0.401. The fourth-order valence-corrected chi connectivity index (χ4v) is 1.49. The Kier molecular flexibility index (Phi) is 4.59. The Morgan fingerprint density at radius 3 is 2.82 bits per heavy atom. The molecule has 1 amide bonds. The number of hydrogen-bond acceptors (Lipinski definition) is 4. The van der Waals surface area contributed by atoms with Gasteiger partial charge in [0.15, 0.2) is 0 Å². The lowest BCUT2D eigenvalue weighted by atomic mass is 10.1. The van der Waals surface area contributed by atoms with E-state index in [2.05, 4.69) is 5.32 Å². The molecule has 6 nitrogen and oxygen atoms in total. The SMILES string of the molecule is Cc1c(CNCCC(N)=O)cccc1[N+](=O)[O-]. The maximum absolute atomic E-state index is 10.7. The van der Waals surface area contributed by atoms with Crippen molar-refractivity contribution in [3.63, 3.8) is 0 Å². The van der Waals surface area contributed by atoms with Crippen LogP contribution in [0.25, 0.3) is 0 Å². The van der Waals surface area contributed by atoms with Gasteiger partial charge in [0.05, 0.1) is 4.92 Å². The van der Waals surface area contributed by atoms with Crippen LogP contribution in [-0.2, 0) is 11.3 Å². The lowest BCUT2D eigenvalue weighted by Gasteiger charge is -2.07. The van der Waals surface area contributed by atoms with Crippen molar-refractivity contribution in [1.29, 1.82) is 0 Å². The lowest BCUT2D eigenvalue weighted by molar-refractivity contribution is -0.385. The van der Waals surface area contributed by atoms with Gasteiger partial charge in [-0.25, -0.2) is 0 Å². The summed E-state index contributed by atoms with van der Waals surface area (Å²) < 4.78 is 0. The number of hydrogen-bond donors (Lipinski definition) is 2. The molecule has 0 aliphatic heterocycles. The minimum absolute atomic E-state index is 0.110. The number of rotatable bonds is 6. The highest BCUT2D eigenvalue weighted by Gasteiger charge is 2.12. The van der Waals surface area contributed by atoms with Crippen molar-refractivity contribution < 1.29 is 9.72 Å². The molecule has 1 aromatic carbocycles. The molecule has 0 fully saturated rings. The second-order valence-electron chi connectivity index (χ2n) is 3.71. The molecule has 0 bridgehead atoms. The number of benzene rings is 1. The van der Waals surface area contributed by atoms with Gasteiger partial charge >= 0.3 is 0 Å². The molecule has 0 saturated heterocycles. The highest BCUT2D eigenvalue weighted by Crippen LogP contribution is 2.20. The molecule has 0 aromatic heterocycles. The predicted molar refractivity (Wildman–Crippen MR) is 63.4 cm³/mol. The predicted octanol–water partition coefficient (Wildman–Crippen LogP) is 0.868. The molecule has 0 aliphatic rings. The van der Waals surface area contributed by atoms with E-state index in [9.17, 15) is 14.9 Å². The number of nitrogens with zero attached hydrogens (tertiary/aromatic N) is 1. The molecular weight excluding hydrogens is 222 g/mol. The summed E-state index contributed by atoms with van der Waals surface area (Å²) in [7, 11) is 0. The molecule has 0 saturated carbocycles. The summed E-state index contributed by atoms with van der Waals surface area (Å²) in [5, 5.41) is 13.7. The van der Waals surface area contributed by atoms with Gasteiger partial charge in [0.1, 0.15) is 0 Å². The van der Waals surface area contributed by atoms with Crippen LogP contribution in [0.2, 0.25) is 0 Å². The van der Waals surface area contributed by atoms with Gasteiger partial charge in [-0.1, -0.05) is 12.1 Å². The average Bonchev–Trinajstić information content (AvgIpc) is 2.25. The van der Waals surface area contributed by atoms with Crippen molar-refractivity contribution in [3.05, 3.63) is 39.4 Å². The lowest BCUT2D eigenvalue weighted by Crippen LogP contribution is -2.22. The fourth-order valence-electron chi connectivity index (χ4n) is 1.49. The third-order valence-corrected chi connectivity index (χ3v) is 2.48. The molecular formula is C11H15N3O3. The number of carbonyl (C=O) groups excluding carboxylic acids is 1. The first-order chi connectivity index (χ1) is 8.02. The van der Waals surface area contributed by atoms with Crippen LogP contribution >= 0.6 is 0 Å². The normalized spacial score (nSPS) is 10.2. The summed E-state index contributed by atoms with van der Waals surface area (Å²) >= 11 is 0. The van der Waals surface area contributed by atoms with E-state index in [1.54, 1.807) is 13.0 Å². The van der Waals surface area contributed by atoms with Crippen molar-refractivity contribution >= 4 is 11.6 Å². The second kappa shape index (κ2) is 5.95. The van der Waals surface area contributed by atoms with E-state index in [0.29, 0.717) is 18.7 Å². The number of nitrogens with two attached hydrogens (primary N) is 1. The van der Waals surface area contributed by atoms with Crippen LogP contribution in [0.5, 0.6) is 0 Å². The molecule has 0 spiro atoms. The number of nitro groups is 1. The standard InChI is InChI=1S/C11H15N3O3/c1-8-9(7-13-6-5-11(12)15)3-2-4-10(8)14(16)17/h2-4,13H,5-7H2,1H3,(H2,12,15). The molecule has 0 radical (unpaired) electrons. The first-order valence-electron chi connectivity index (χ1n) is 5.24. The number of amides is 1. The van der Waals surface area contributed by atoms with Crippen molar-refractivity contribution in [2.45, 2.75) is 19.9 Å². The zero-order valence-electron chi connectivity index (χ0n) is 9.60. The highest BCUT2D eigenvalue weighted by molar-refractivity contribution is 5.73. The summed E-state index contributed by atoms with van der Waals surface area (Å²) in [5.74, 6) is -0.367. The van der Waals surface area contributed by atoms with Gasteiger partial charge in [-0.05, 0) is 12.5 Å². The van der Waals surface area contributed by atoms with E-state index in [4.69, 9.17) is 5.73 Å². The van der Waals surface area contributed by atoms with E-state index in [-0.39, 0.29) is 18.0 Å². The first kappa shape index (κ1) is 13.1. The molecule has 1 aromatic rings. The summed E-state index contributed by atoms with van der Waals surface area (Å²) in [6.07, 6.45) is 0.258. The average molecular weight is 237 g/mol. The smallest absolute Gasteiger partial charge is 0.272 e. The van der Waals surface area contributed by atoms with Gasteiger partial charge in [-0.3, -0.25) is 14.9 Å². The van der Waals surface area contributed by atoms with Crippen LogP contribution < -0.4 is 11.1 Å². The fraction of sp³-hybridized carbons (Fsp3) is 0.364. The van der Waals surface area contributed by atoms with Crippen molar-refractivity contribution in [3.8, 4) is 0 Å². The van der Waals surface area contributed by atoms with Crippen LogP contribution in [0.4, 0.5) is 5.69 Å². The number of nitro benzene ring substituents is 1. The summed E-state index contributed by atoms with van der Waals surface area (Å²) in [4.78, 5) is 20.8. The molecule has 6 heteroatoms. The van der Waals surface area contributed by atoms with E-state index in [0.717, 1.165) is 5.56 Å². The van der Waals surface area contributed by atoms with Gasteiger partial charge in [-0.15, -0.1) is 0 Å². The maximum atomic E-state index is 10.7. The van der Waals surface area contributed by atoms with E-state index in [1.807, 2.05) is 6.07 Å². The van der Waals surface area contributed by atoms with Crippen LogP contribution in [0.15, 0.2) is 18.2 Å². The van der Waals surface area contributed by atoms with Crippen LogP contribution in [0.1, 0.15) is 17.5 Å². The molecule has 0 heterocycles. The summed E-state index contributed by atoms with van der Waals surface area (Å²) in [6.45, 7) is 2.67. The van der Waals surface area contributed by atoms with Crippen molar-refractivity contribution in [2.75, 3.05) is 6.54 Å². The largest absolute Gasteiger partial charge is 0.370 e. The minimum Gasteiger partial charge on any atom is -0.370 e. The third-order valence-electron chi connectivity index (χ3n) is 2.48. The monoisotopic (exact) mass is 237 g/mol. The zero-order chi connectivity index (χ0) is 12.8. The van der Waals surface area contributed by atoms with E-state index >= 15 is 0 Å². The molecule has 17 heavy (non-hydrogen) atoms. The molecule has 1 rings (SSSR count). The summed E-state index contributed by atoms with van der Waals surface area (Å²) in [6, 6.07) is 4.94. The van der Waals surface area contributed by atoms with E-state index < -0.39 is 4.92 Å². The highest BCUT2D eigenvalue weighted by atomic mass is 16.6. The Morgan fingerprint density at radius 1 is 1.53 bits per heavy atom. The Hall–Kier alpha value is -1.95. The van der Waals surface area contributed by atoms with Crippen LogP contribution in [0.3, 0.4) is 0 Å². The van der Waals surface area contributed by atoms with E-state index in [1.165, 1.54) is 6.07 Å². The Bertz CT molecular complexity index is 432. The van der Waals surface area contributed by atoms with Gasteiger partial charge in [-0.2, -0.15) is 0 Å². The molecule has 0 atom stereocenters. The number of carbonyl (C=O) groups is 1. The van der Waals surface area contributed by atoms with Gasteiger partial charge in [0, 0.05) is 31.1 Å². The van der Waals surface area contributed by atoms with Crippen molar-refractivity contribution in [1.82, 2.24) is 5.32 Å². The Morgan fingerprint density at radius 2 is 2.24 bits per heavy atom. The number of nitrogens with one attached hydrogen (secondary N) is 1. The maximum Gasteiger partial charge on any atom is 0.272 e. The topological polar surface area (TPSA) is 98.3 Å². The first-order valence-corrected chi connectivity index (χ1v) is 5.24.